The summed E-state index contributed by atoms with van der Waals surface area (Å²) in [6.07, 6.45) is -1.74. The van der Waals surface area contributed by atoms with E-state index in [9.17, 15) is 9.50 Å². The van der Waals surface area contributed by atoms with Crippen molar-refractivity contribution in [3.05, 3.63) is 34.9 Å². The Bertz CT molecular complexity index is 345. The predicted octanol–water partition coefficient (Wildman–Crippen LogP) is 2.60. The summed E-state index contributed by atoms with van der Waals surface area (Å²) in [5.74, 6) is 0. The van der Waals surface area contributed by atoms with Crippen LogP contribution < -0.4 is 0 Å². The molecule has 0 aliphatic heterocycles. The first-order chi connectivity index (χ1) is 8.11. The van der Waals surface area contributed by atoms with Crippen LogP contribution in [-0.4, -0.2) is 30.2 Å². The van der Waals surface area contributed by atoms with Crippen LogP contribution in [0.2, 0.25) is 5.02 Å². The molecule has 5 heteroatoms. The quantitative estimate of drug-likeness (QED) is 0.740. The van der Waals surface area contributed by atoms with E-state index < -0.39 is 12.3 Å². The van der Waals surface area contributed by atoms with Gasteiger partial charge in [0.1, 0.15) is 6.17 Å². The molecule has 0 bridgehead atoms. The van der Waals surface area contributed by atoms with Gasteiger partial charge in [0.2, 0.25) is 0 Å². The van der Waals surface area contributed by atoms with Crippen LogP contribution in [0.4, 0.5) is 4.39 Å². The monoisotopic (exact) mass is 259 g/mol. The minimum atomic E-state index is -1.41. The summed E-state index contributed by atoms with van der Waals surface area (Å²) in [6, 6.07) is 7.15. The number of benzene rings is 1. The normalized spacial score (nSPS) is 14.3. The summed E-state index contributed by atoms with van der Waals surface area (Å²) < 4.78 is 17.9. The third kappa shape index (κ3) is 5.77. The smallest absolute Gasteiger partial charge is 0.137 e. The second-order valence-corrected chi connectivity index (χ2v) is 4.15. The number of ether oxygens (including phenoxy) is 1. The Balaban J connectivity index is 2.23. The number of aliphatic hydroxyl groups is 1. The number of halogens is 2. The number of nitrogens with one attached hydrogen (secondary N) is 1. The van der Waals surface area contributed by atoms with Gasteiger partial charge in [-0.2, -0.15) is 0 Å². The Hall–Kier alpha value is -0.970. The third-order valence-electron chi connectivity index (χ3n) is 2.17. The fraction of sp³-hybridized carbons (Fsp3) is 0.417. The molecule has 17 heavy (non-hydrogen) atoms. The van der Waals surface area contributed by atoms with Crippen molar-refractivity contribution in [2.45, 2.75) is 25.3 Å². The van der Waals surface area contributed by atoms with E-state index >= 15 is 0 Å². The molecule has 0 aliphatic carbocycles. The number of aliphatic hydroxyl groups excluding tert-OH is 1. The Morgan fingerprint density at radius 3 is 2.65 bits per heavy atom. The molecular formula is C12H15ClFNO2. The van der Waals surface area contributed by atoms with Crippen molar-refractivity contribution in [3.8, 4) is 0 Å². The Morgan fingerprint density at radius 2 is 2.06 bits per heavy atom. The van der Waals surface area contributed by atoms with Crippen LogP contribution in [0.5, 0.6) is 0 Å². The van der Waals surface area contributed by atoms with Crippen LogP contribution in [0.25, 0.3) is 0 Å². The molecule has 0 spiro atoms. The van der Waals surface area contributed by atoms with E-state index in [0.29, 0.717) is 17.8 Å². The lowest BCUT2D eigenvalue weighted by molar-refractivity contribution is 0.0184. The van der Waals surface area contributed by atoms with E-state index in [-0.39, 0.29) is 13.0 Å². The molecule has 1 aromatic carbocycles. The average Bonchev–Trinajstić information content (AvgIpc) is 2.31. The van der Waals surface area contributed by atoms with Gasteiger partial charge in [0.25, 0.3) is 0 Å². The topological polar surface area (TPSA) is 53.3 Å². The Morgan fingerprint density at radius 1 is 1.41 bits per heavy atom. The van der Waals surface area contributed by atoms with E-state index in [0.717, 1.165) is 5.56 Å². The van der Waals surface area contributed by atoms with Crippen LogP contribution in [0.1, 0.15) is 12.0 Å². The summed E-state index contributed by atoms with van der Waals surface area (Å²) in [5, 5.41) is 16.7. The summed E-state index contributed by atoms with van der Waals surface area (Å²) in [4.78, 5) is 0. The van der Waals surface area contributed by atoms with Crippen LogP contribution >= 0.6 is 11.6 Å². The summed E-state index contributed by atoms with van der Waals surface area (Å²) >= 11 is 5.73. The number of hydrogen-bond acceptors (Lipinski definition) is 3. The minimum absolute atomic E-state index is 0.0525. The maximum Gasteiger partial charge on any atom is 0.137 e. The van der Waals surface area contributed by atoms with Crippen LogP contribution in [-0.2, 0) is 11.3 Å². The molecule has 0 saturated carbocycles. The standard InChI is InChI=1S/C12H15ClFNO2/c13-10-3-1-9(2-4-10)7-17-8-12(16)5-11(14)6-15/h1-4,6,11-12,15-16H,5,7-8H2. The lowest BCUT2D eigenvalue weighted by Crippen LogP contribution is -2.20. The summed E-state index contributed by atoms with van der Waals surface area (Å²) in [6.45, 7) is 0.395. The van der Waals surface area contributed by atoms with Gasteiger partial charge in [0.15, 0.2) is 0 Å². The fourth-order valence-corrected chi connectivity index (χ4v) is 1.42. The van der Waals surface area contributed by atoms with Gasteiger partial charge in [0.05, 0.1) is 19.3 Å². The highest BCUT2D eigenvalue weighted by Gasteiger charge is 2.11. The maximum absolute atomic E-state index is 12.7. The van der Waals surface area contributed by atoms with Crippen molar-refractivity contribution < 1.29 is 14.2 Å². The van der Waals surface area contributed by atoms with Gasteiger partial charge in [0, 0.05) is 17.7 Å². The first kappa shape index (κ1) is 14.1. The lowest BCUT2D eigenvalue weighted by Gasteiger charge is -2.11. The zero-order chi connectivity index (χ0) is 12.7. The summed E-state index contributed by atoms with van der Waals surface area (Å²) in [7, 11) is 0. The largest absolute Gasteiger partial charge is 0.391 e. The highest BCUT2D eigenvalue weighted by atomic mass is 35.5. The molecule has 0 heterocycles. The highest BCUT2D eigenvalue weighted by molar-refractivity contribution is 6.30. The molecule has 0 aliphatic rings. The second-order valence-electron chi connectivity index (χ2n) is 3.71. The van der Waals surface area contributed by atoms with Crippen molar-refractivity contribution in [1.82, 2.24) is 0 Å². The highest BCUT2D eigenvalue weighted by Crippen LogP contribution is 2.10. The zero-order valence-corrected chi connectivity index (χ0v) is 10.0. The van der Waals surface area contributed by atoms with E-state index in [1.165, 1.54) is 0 Å². The van der Waals surface area contributed by atoms with E-state index in [1.807, 2.05) is 12.1 Å². The van der Waals surface area contributed by atoms with Gasteiger partial charge < -0.3 is 15.3 Å². The summed E-state index contributed by atoms with van der Waals surface area (Å²) in [5.41, 5.74) is 0.936. The SMILES string of the molecule is N=CC(F)CC(O)COCc1ccc(Cl)cc1. The van der Waals surface area contributed by atoms with E-state index in [4.69, 9.17) is 21.7 Å². The van der Waals surface area contributed by atoms with E-state index in [2.05, 4.69) is 0 Å². The molecule has 0 amide bonds. The number of hydrogen-bond donors (Lipinski definition) is 2. The molecule has 3 nitrogen and oxygen atoms in total. The van der Waals surface area contributed by atoms with Crippen molar-refractivity contribution in [1.29, 1.82) is 5.41 Å². The minimum Gasteiger partial charge on any atom is -0.391 e. The third-order valence-corrected chi connectivity index (χ3v) is 2.42. The number of alkyl halides is 1. The molecule has 0 aromatic heterocycles. The van der Waals surface area contributed by atoms with Gasteiger partial charge >= 0.3 is 0 Å². The van der Waals surface area contributed by atoms with Crippen molar-refractivity contribution in [2.75, 3.05) is 6.61 Å². The molecular weight excluding hydrogens is 245 g/mol. The van der Waals surface area contributed by atoms with Crippen molar-refractivity contribution >= 4 is 17.8 Å². The second kappa shape index (κ2) is 7.37. The maximum atomic E-state index is 12.7. The molecule has 2 N–H and O–H groups in total. The zero-order valence-electron chi connectivity index (χ0n) is 9.27. The van der Waals surface area contributed by atoms with Gasteiger partial charge in [-0.1, -0.05) is 23.7 Å². The molecule has 1 aromatic rings. The fourth-order valence-electron chi connectivity index (χ4n) is 1.29. The Kier molecular flexibility index (Phi) is 6.11. The molecule has 0 fully saturated rings. The predicted molar refractivity (Wildman–Crippen MR) is 65.4 cm³/mol. The number of rotatable bonds is 7. The van der Waals surface area contributed by atoms with Gasteiger partial charge in [-0.15, -0.1) is 0 Å². The first-order valence-corrected chi connectivity index (χ1v) is 5.64. The van der Waals surface area contributed by atoms with Crippen molar-refractivity contribution in [2.24, 2.45) is 0 Å². The van der Waals surface area contributed by atoms with Gasteiger partial charge in [-0.05, 0) is 17.7 Å². The molecule has 94 valence electrons. The average molecular weight is 260 g/mol. The van der Waals surface area contributed by atoms with Crippen molar-refractivity contribution in [3.63, 3.8) is 0 Å². The van der Waals surface area contributed by atoms with Crippen LogP contribution in [0.3, 0.4) is 0 Å². The molecule has 2 unspecified atom stereocenters. The van der Waals surface area contributed by atoms with Gasteiger partial charge in [-0.25, -0.2) is 4.39 Å². The molecule has 2 atom stereocenters. The van der Waals surface area contributed by atoms with Gasteiger partial charge in [-0.3, -0.25) is 0 Å². The molecule has 0 saturated heterocycles. The lowest BCUT2D eigenvalue weighted by atomic mass is 10.2. The molecule has 0 radical (unpaired) electrons. The van der Waals surface area contributed by atoms with E-state index in [1.54, 1.807) is 12.1 Å². The van der Waals surface area contributed by atoms with Crippen LogP contribution in [0, 0.1) is 5.41 Å². The van der Waals surface area contributed by atoms with Crippen LogP contribution in [0.15, 0.2) is 24.3 Å². The Labute approximate surface area is 105 Å². The first-order valence-electron chi connectivity index (χ1n) is 5.26. The molecule has 1 rings (SSSR count).